The number of amides is 3. The van der Waals surface area contributed by atoms with Crippen LogP contribution in [-0.2, 0) is 17.8 Å². The van der Waals surface area contributed by atoms with Crippen molar-refractivity contribution in [2.24, 2.45) is 0 Å². The zero-order valence-electron chi connectivity index (χ0n) is 16.3. The van der Waals surface area contributed by atoms with Gasteiger partial charge in [0.1, 0.15) is 5.75 Å². The molecule has 0 spiro atoms. The first-order valence-corrected chi connectivity index (χ1v) is 10.4. The molecule has 3 aromatic rings. The van der Waals surface area contributed by atoms with Crippen LogP contribution in [0.5, 0.6) is 5.75 Å². The van der Waals surface area contributed by atoms with Crippen molar-refractivity contribution in [2.45, 2.75) is 19.4 Å². The van der Waals surface area contributed by atoms with E-state index >= 15 is 0 Å². The van der Waals surface area contributed by atoms with Gasteiger partial charge in [0, 0.05) is 29.1 Å². The van der Waals surface area contributed by atoms with E-state index in [0.717, 1.165) is 17.0 Å². The second kappa shape index (κ2) is 10.6. The maximum absolute atomic E-state index is 12.1. The number of hydrogen-bond donors (Lipinski definition) is 3. The van der Waals surface area contributed by atoms with Crippen molar-refractivity contribution >= 4 is 45.7 Å². The average molecular weight is 445 g/mol. The Morgan fingerprint density at radius 3 is 2.77 bits per heavy atom. The van der Waals surface area contributed by atoms with Crippen LogP contribution in [0.3, 0.4) is 0 Å². The van der Waals surface area contributed by atoms with Gasteiger partial charge in [-0.25, -0.2) is 9.78 Å². The molecular weight excluding hydrogens is 424 g/mol. The Balaban J connectivity index is 1.42. The summed E-state index contributed by atoms with van der Waals surface area (Å²) in [5, 5.41) is 11.1. The number of halogens is 1. The summed E-state index contributed by atoms with van der Waals surface area (Å²) in [4.78, 5) is 28.5. The van der Waals surface area contributed by atoms with E-state index in [1.807, 2.05) is 29.6 Å². The van der Waals surface area contributed by atoms with Gasteiger partial charge in [-0.15, -0.1) is 11.3 Å². The number of rotatable bonds is 8. The van der Waals surface area contributed by atoms with Crippen LogP contribution in [0.15, 0.2) is 53.9 Å². The van der Waals surface area contributed by atoms with Crippen LogP contribution in [0.1, 0.15) is 17.7 Å². The van der Waals surface area contributed by atoms with Gasteiger partial charge in [-0.05, 0) is 42.3 Å². The third-order valence-corrected chi connectivity index (χ3v) is 5.13. The number of thiazole rings is 1. The highest BCUT2D eigenvalue weighted by Gasteiger charge is 2.09. The Kier molecular flexibility index (Phi) is 7.64. The smallest absolute Gasteiger partial charge is 0.325 e. The molecule has 0 saturated heterocycles. The zero-order chi connectivity index (χ0) is 21.3. The van der Waals surface area contributed by atoms with E-state index in [1.54, 1.807) is 31.4 Å². The number of aryl methyl sites for hydroxylation is 1. The zero-order valence-corrected chi connectivity index (χ0v) is 17.8. The van der Waals surface area contributed by atoms with Crippen molar-refractivity contribution < 1.29 is 14.3 Å². The molecule has 7 nitrogen and oxygen atoms in total. The van der Waals surface area contributed by atoms with Gasteiger partial charge in [0.05, 0.1) is 12.8 Å². The lowest BCUT2D eigenvalue weighted by Gasteiger charge is -2.06. The molecule has 1 heterocycles. The lowest BCUT2D eigenvalue weighted by Crippen LogP contribution is -2.23. The average Bonchev–Trinajstić information content (AvgIpc) is 3.18. The molecule has 9 heteroatoms. The van der Waals surface area contributed by atoms with Gasteiger partial charge in [-0.2, -0.15) is 0 Å². The Hall–Kier alpha value is -3.10. The molecule has 0 aliphatic heterocycles. The second-order valence-electron chi connectivity index (χ2n) is 6.36. The normalized spacial score (nSPS) is 10.3. The predicted molar refractivity (Wildman–Crippen MR) is 119 cm³/mol. The molecule has 0 fully saturated rings. The molecule has 0 bridgehead atoms. The van der Waals surface area contributed by atoms with E-state index in [-0.39, 0.29) is 5.91 Å². The van der Waals surface area contributed by atoms with Gasteiger partial charge in [0.15, 0.2) is 5.13 Å². The van der Waals surface area contributed by atoms with Crippen molar-refractivity contribution in [2.75, 3.05) is 17.7 Å². The molecule has 3 amide bonds. The van der Waals surface area contributed by atoms with Crippen LogP contribution in [0.4, 0.5) is 15.6 Å². The SMILES string of the molecule is COc1cccc(CNC(=O)CCc2csc(NC(=O)Nc3cccc(Cl)c3)n2)c1. The topological polar surface area (TPSA) is 92.4 Å². The number of benzene rings is 2. The fraction of sp³-hybridized carbons (Fsp3) is 0.190. The molecule has 0 saturated carbocycles. The predicted octanol–water partition coefficient (Wildman–Crippen LogP) is 4.70. The second-order valence-corrected chi connectivity index (χ2v) is 7.66. The highest BCUT2D eigenvalue weighted by Crippen LogP contribution is 2.19. The Morgan fingerprint density at radius 1 is 1.13 bits per heavy atom. The van der Waals surface area contributed by atoms with Gasteiger partial charge in [-0.1, -0.05) is 29.8 Å². The maximum atomic E-state index is 12.1. The minimum Gasteiger partial charge on any atom is -0.497 e. The Labute approximate surface area is 183 Å². The third kappa shape index (κ3) is 6.75. The van der Waals surface area contributed by atoms with Gasteiger partial charge in [0.2, 0.25) is 5.91 Å². The Bertz CT molecular complexity index is 1020. The number of hydrogen-bond acceptors (Lipinski definition) is 5. The van der Waals surface area contributed by atoms with Crippen LogP contribution >= 0.6 is 22.9 Å². The van der Waals surface area contributed by atoms with E-state index in [1.165, 1.54) is 11.3 Å². The van der Waals surface area contributed by atoms with Crippen molar-refractivity contribution in [3.63, 3.8) is 0 Å². The molecule has 3 rings (SSSR count). The number of nitrogens with zero attached hydrogens (tertiary/aromatic N) is 1. The molecule has 30 heavy (non-hydrogen) atoms. The number of methoxy groups -OCH3 is 1. The molecule has 0 unspecified atom stereocenters. The molecule has 2 aromatic carbocycles. The largest absolute Gasteiger partial charge is 0.497 e. The van der Waals surface area contributed by atoms with Crippen LogP contribution in [0.2, 0.25) is 5.02 Å². The molecule has 1 aromatic heterocycles. The molecule has 0 aliphatic carbocycles. The summed E-state index contributed by atoms with van der Waals surface area (Å²) in [6, 6.07) is 14.0. The first-order chi connectivity index (χ1) is 14.5. The summed E-state index contributed by atoms with van der Waals surface area (Å²) in [5.74, 6) is 0.683. The third-order valence-electron chi connectivity index (χ3n) is 4.09. The Morgan fingerprint density at radius 2 is 1.97 bits per heavy atom. The van der Waals surface area contributed by atoms with Gasteiger partial charge in [-0.3, -0.25) is 10.1 Å². The van der Waals surface area contributed by atoms with Crippen molar-refractivity contribution in [1.29, 1.82) is 0 Å². The van der Waals surface area contributed by atoms with E-state index < -0.39 is 6.03 Å². The van der Waals surface area contributed by atoms with Gasteiger partial charge in [0.25, 0.3) is 0 Å². The summed E-state index contributed by atoms with van der Waals surface area (Å²) >= 11 is 7.21. The van der Waals surface area contributed by atoms with Crippen LogP contribution in [0.25, 0.3) is 0 Å². The molecule has 0 atom stereocenters. The highest BCUT2D eigenvalue weighted by atomic mass is 35.5. The molecule has 156 valence electrons. The molecule has 0 aliphatic rings. The van der Waals surface area contributed by atoms with Gasteiger partial charge < -0.3 is 15.4 Å². The number of urea groups is 1. The first kappa shape index (κ1) is 21.6. The number of aromatic nitrogens is 1. The quantitative estimate of drug-likeness (QED) is 0.469. The molecule has 3 N–H and O–H groups in total. The lowest BCUT2D eigenvalue weighted by molar-refractivity contribution is -0.121. The minimum atomic E-state index is -0.408. The summed E-state index contributed by atoms with van der Waals surface area (Å²) in [6.45, 7) is 0.434. The molecule has 0 radical (unpaired) electrons. The van der Waals surface area contributed by atoms with Crippen LogP contribution < -0.4 is 20.7 Å². The van der Waals surface area contributed by atoms with Gasteiger partial charge >= 0.3 is 6.03 Å². The maximum Gasteiger partial charge on any atom is 0.325 e. The highest BCUT2D eigenvalue weighted by molar-refractivity contribution is 7.13. The number of carbonyl (C=O) groups is 2. The van der Waals surface area contributed by atoms with Crippen LogP contribution in [0, 0.1) is 0 Å². The first-order valence-electron chi connectivity index (χ1n) is 9.19. The van der Waals surface area contributed by atoms with Crippen molar-refractivity contribution in [3.8, 4) is 5.75 Å². The summed E-state index contributed by atoms with van der Waals surface area (Å²) in [6.07, 6.45) is 0.792. The summed E-state index contributed by atoms with van der Waals surface area (Å²) in [5.41, 5.74) is 2.30. The van der Waals surface area contributed by atoms with E-state index in [9.17, 15) is 9.59 Å². The summed E-state index contributed by atoms with van der Waals surface area (Å²) in [7, 11) is 1.61. The number of nitrogens with one attached hydrogen (secondary N) is 3. The number of ether oxygens (including phenoxy) is 1. The monoisotopic (exact) mass is 444 g/mol. The number of carbonyl (C=O) groups excluding carboxylic acids is 2. The molecular formula is C21H21ClN4O3S. The summed E-state index contributed by atoms with van der Waals surface area (Å²) < 4.78 is 5.18. The standard InChI is InChI=1S/C21H21ClN4O3S/c1-29-18-7-2-4-14(10-18)12-23-19(27)9-8-17-13-30-21(25-17)26-20(28)24-16-6-3-5-15(22)11-16/h2-7,10-11,13H,8-9,12H2,1H3,(H,23,27)(H2,24,25,26,28). The lowest BCUT2D eigenvalue weighted by atomic mass is 10.2. The number of anilines is 2. The fourth-order valence-electron chi connectivity index (χ4n) is 2.62. The van der Waals surface area contributed by atoms with Crippen molar-refractivity contribution in [1.82, 2.24) is 10.3 Å². The van der Waals surface area contributed by atoms with E-state index in [4.69, 9.17) is 16.3 Å². The van der Waals surface area contributed by atoms with Crippen LogP contribution in [-0.4, -0.2) is 24.0 Å². The van der Waals surface area contributed by atoms with E-state index in [2.05, 4.69) is 20.9 Å². The van der Waals surface area contributed by atoms with Crippen molar-refractivity contribution in [3.05, 3.63) is 70.2 Å². The fourth-order valence-corrected chi connectivity index (χ4v) is 3.55. The minimum absolute atomic E-state index is 0.0703. The van der Waals surface area contributed by atoms with E-state index in [0.29, 0.717) is 35.2 Å².